The molecule has 0 radical (unpaired) electrons. The largest absolute Gasteiger partial charge is 0.206 e. The average Bonchev–Trinajstić information content (AvgIpc) is 2.75. The van der Waals surface area contributed by atoms with Crippen LogP contribution in [-0.2, 0) is 12.8 Å². The summed E-state index contributed by atoms with van der Waals surface area (Å²) in [6.45, 7) is 4.09. The van der Waals surface area contributed by atoms with E-state index in [4.69, 9.17) is 0 Å². The Labute approximate surface area is 178 Å². The molecule has 3 aromatic rings. The minimum Gasteiger partial charge on any atom is -0.206 e. The lowest BCUT2D eigenvalue weighted by Crippen LogP contribution is -2.01. The Morgan fingerprint density at radius 3 is 2.13 bits per heavy atom. The molecule has 0 aliphatic heterocycles. The highest BCUT2D eigenvalue weighted by Crippen LogP contribution is 2.24. The molecule has 0 amide bonds. The van der Waals surface area contributed by atoms with Crippen molar-refractivity contribution >= 4 is 12.2 Å². The Balaban J connectivity index is 1.69. The van der Waals surface area contributed by atoms with E-state index in [2.05, 4.69) is 25.1 Å². The molecule has 1 atom stereocenters. The summed E-state index contributed by atoms with van der Waals surface area (Å²) in [6.07, 6.45) is 10.1. The van der Waals surface area contributed by atoms with Crippen LogP contribution in [0.15, 0.2) is 78.9 Å². The number of rotatable bonds is 8. The van der Waals surface area contributed by atoms with Crippen LogP contribution in [0.2, 0.25) is 0 Å². The summed E-state index contributed by atoms with van der Waals surface area (Å²) in [4.78, 5) is 0. The minimum absolute atomic E-state index is 0.00303. The number of hydrogen-bond donors (Lipinski definition) is 0. The van der Waals surface area contributed by atoms with Gasteiger partial charge in [-0.2, -0.15) is 0 Å². The molecule has 0 heterocycles. The Morgan fingerprint density at radius 2 is 1.50 bits per heavy atom. The zero-order chi connectivity index (χ0) is 21.3. The summed E-state index contributed by atoms with van der Waals surface area (Å²) in [5.41, 5.74) is 4.01. The van der Waals surface area contributed by atoms with Crippen LogP contribution in [-0.4, -0.2) is 0 Å². The number of halogens is 2. The van der Waals surface area contributed by atoms with E-state index < -0.39 is 11.6 Å². The van der Waals surface area contributed by atoms with Gasteiger partial charge in [0.25, 0.3) is 0 Å². The van der Waals surface area contributed by atoms with Crippen LogP contribution in [0.1, 0.15) is 54.0 Å². The van der Waals surface area contributed by atoms with Gasteiger partial charge in [-0.3, -0.25) is 0 Å². The third kappa shape index (κ3) is 6.00. The highest BCUT2D eigenvalue weighted by Gasteiger charge is 2.12. The van der Waals surface area contributed by atoms with Crippen molar-refractivity contribution in [2.24, 2.45) is 0 Å². The summed E-state index contributed by atoms with van der Waals surface area (Å²) in [5.74, 6) is -0.855. The SMILES string of the molecule is C/C=C/CCc1ccc(/C=C/c2c(F)cc(CC(C)c3ccccc3)cc2F)cc1. The molecule has 0 saturated carbocycles. The number of aryl methyl sites for hydroxylation is 1. The third-order valence-corrected chi connectivity index (χ3v) is 5.31. The maximum absolute atomic E-state index is 14.6. The molecule has 2 heteroatoms. The van der Waals surface area contributed by atoms with Crippen LogP contribution in [0, 0.1) is 11.6 Å². The minimum atomic E-state index is -0.524. The molecule has 0 aromatic heterocycles. The maximum atomic E-state index is 14.6. The quantitative estimate of drug-likeness (QED) is 0.264. The molecule has 3 aromatic carbocycles. The highest BCUT2D eigenvalue weighted by atomic mass is 19.1. The van der Waals surface area contributed by atoms with Gasteiger partial charge in [0.1, 0.15) is 11.6 Å². The Morgan fingerprint density at radius 1 is 0.833 bits per heavy atom. The summed E-state index contributed by atoms with van der Waals surface area (Å²) in [5, 5.41) is 0. The van der Waals surface area contributed by atoms with Gasteiger partial charge in [0.05, 0.1) is 0 Å². The van der Waals surface area contributed by atoms with Gasteiger partial charge < -0.3 is 0 Å². The van der Waals surface area contributed by atoms with Gasteiger partial charge in [-0.25, -0.2) is 8.78 Å². The Hall–Kier alpha value is -3.00. The molecule has 0 aliphatic rings. The predicted octanol–water partition coefficient (Wildman–Crippen LogP) is 7.99. The van der Waals surface area contributed by atoms with Gasteiger partial charge >= 0.3 is 0 Å². The van der Waals surface area contributed by atoms with Crippen molar-refractivity contribution in [3.63, 3.8) is 0 Å². The lowest BCUT2D eigenvalue weighted by atomic mass is 9.93. The summed E-state index contributed by atoms with van der Waals surface area (Å²) in [7, 11) is 0. The van der Waals surface area contributed by atoms with Crippen LogP contribution < -0.4 is 0 Å². The van der Waals surface area contributed by atoms with Crippen molar-refractivity contribution in [1.29, 1.82) is 0 Å². The third-order valence-electron chi connectivity index (χ3n) is 5.31. The van der Waals surface area contributed by atoms with Crippen LogP contribution in [0.4, 0.5) is 8.78 Å². The standard InChI is InChI=1S/C28H28F2/c1-3-4-6-9-22-12-14-23(15-13-22)16-17-26-27(29)19-24(20-28(26)30)18-21(2)25-10-7-5-8-11-25/h3-5,7-8,10-17,19-21H,6,9,18H2,1-2H3/b4-3+,17-16+. The molecule has 1 unspecified atom stereocenters. The molecule has 0 nitrogen and oxygen atoms in total. The van der Waals surface area contributed by atoms with Crippen molar-refractivity contribution < 1.29 is 8.78 Å². The second-order valence-corrected chi connectivity index (χ2v) is 7.67. The Kier molecular flexibility index (Phi) is 7.73. The molecule has 154 valence electrons. The van der Waals surface area contributed by atoms with Gasteiger partial charge in [-0.15, -0.1) is 0 Å². The first-order chi connectivity index (χ1) is 14.6. The van der Waals surface area contributed by atoms with E-state index >= 15 is 0 Å². The number of hydrogen-bond acceptors (Lipinski definition) is 0. The van der Waals surface area contributed by atoms with Crippen molar-refractivity contribution in [2.45, 2.75) is 39.0 Å². The van der Waals surface area contributed by atoms with Gasteiger partial charge in [-0.05, 0) is 72.6 Å². The molecule has 3 rings (SSSR count). The second-order valence-electron chi connectivity index (χ2n) is 7.67. The molecular formula is C28H28F2. The smallest absolute Gasteiger partial charge is 0.133 e. The van der Waals surface area contributed by atoms with E-state index in [1.165, 1.54) is 23.8 Å². The van der Waals surface area contributed by atoms with Crippen LogP contribution in [0.25, 0.3) is 12.2 Å². The summed E-state index contributed by atoms with van der Waals surface area (Å²) < 4.78 is 29.2. The molecule has 0 aliphatic carbocycles. The summed E-state index contributed by atoms with van der Waals surface area (Å²) >= 11 is 0. The van der Waals surface area contributed by atoms with Crippen molar-refractivity contribution in [3.05, 3.63) is 118 Å². The molecule has 0 bridgehead atoms. The van der Waals surface area contributed by atoms with Crippen molar-refractivity contribution in [2.75, 3.05) is 0 Å². The van der Waals surface area contributed by atoms with Gasteiger partial charge in [0.15, 0.2) is 0 Å². The number of allylic oxidation sites excluding steroid dienone is 2. The topological polar surface area (TPSA) is 0 Å². The van der Waals surface area contributed by atoms with E-state index in [9.17, 15) is 8.78 Å². The van der Waals surface area contributed by atoms with E-state index in [-0.39, 0.29) is 11.5 Å². The highest BCUT2D eigenvalue weighted by molar-refractivity contribution is 5.70. The Bertz CT molecular complexity index is 976. The van der Waals surface area contributed by atoms with Gasteiger partial charge in [0, 0.05) is 5.56 Å². The van der Waals surface area contributed by atoms with E-state index in [1.807, 2.05) is 55.5 Å². The van der Waals surface area contributed by atoms with Crippen LogP contribution >= 0.6 is 0 Å². The lowest BCUT2D eigenvalue weighted by molar-refractivity contribution is 0.573. The first kappa shape index (κ1) is 21.7. The molecule has 30 heavy (non-hydrogen) atoms. The zero-order valence-electron chi connectivity index (χ0n) is 17.6. The maximum Gasteiger partial charge on any atom is 0.133 e. The van der Waals surface area contributed by atoms with Gasteiger partial charge in [-0.1, -0.05) is 79.7 Å². The predicted molar refractivity (Wildman–Crippen MR) is 123 cm³/mol. The lowest BCUT2D eigenvalue weighted by Gasteiger charge is -2.13. The fraction of sp³-hybridized carbons (Fsp3) is 0.214. The van der Waals surface area contributed by atoms with Crippen LogP contribution in [0.3, 0.4) is 0 Å². The monoisotopic (exact) mass is 402 g/mol. The van der Waals surface area contributed by atoms with E-state index in [0.29, 0.717) is 12.0 Å². The first-order valence-electron chi connectivity index (χ1n) is 10.5. The van der Waals surface area contributed by atoms with Gasteiger partial charge in [0.2, 0.25) is 0 Å². The second kappa shape index (κ2) is 10.7. The molecule has 0 N–H and O–H groups in total. The first-order valence-corrected chi connectivity index (χ1v) is 10.5. The molecule has 0 fully saturated rings. The van der Waals surface area contributed by atoms with E-state index in [1.54, 1.807) is 6.08 Å². The molecule has 0 saturated heterocycles. The fourth-order valence-electron chi connectivity index (χ4n) is 3.56. The van der Waals surface area contributed by atoms with Crippen molar-refractivity contribution in [1.82, 2.24) is 0 Å². The average molecular weight is 403 g/mol. The molecular weight excluding hydrogens is 374 g/mol. The van der Waals surface area contributed by atoms with E-state index in [0.717, 1.165) is 24.0 Å². The van der Waals surface area contributed by atoms with Crippen molar-refractivity contribution in [3.8, 4) is 0 Å². The zero-order valence-corrected chi connectivity index (χ0v) is 17.6. The fourth-order valence-corrected chi connectivity index (χ4v) is 3.56. The van der Waals surface area contributed by atoms with Crippen LogP contribution in [0.5, 0.6) is 0 Å². The molecule has 0 spiro atoms. The summed E-state index contributed by atoms with van der Waals surface area (Å²) in [6, 6.07) is 21.0. The normalized spacial score (nSPS) is 12.7. The number of benzene rings is 3.